The second-order valence-corrected chi connectivity index (χ2v) is 2.09. The molecule has 0 amide bonds. The van der Waals surface area contributed by atoms with Crippen molar-refractivity contribution in [2.45, 2.75) is 13.0 Å². The Hall–Kier alpha value is -0.410. The van der Waals surface area contributed by atoms with Crippen LogP contribution in [0.15, 0.2) is 0 Å². The normalized spacial score (nSPS) is 13.8. The molecule has 0 fully saturated rings. The highest BCUT2D eigenvalue weighted by Crippen LogP contribution is 1.89. The predicted octanol–water partition coefficient (Wildman–Crippen LogP) is -0.591. The van der Waals surface area contributed by atoms with Crippen LogP contribution in [0.1, 0.15) is 6.92 Å². The highest BCUT2D eigenvalue weighted by atomic mass is 16.3. The number of aliphatic hydroxyl groups is 1. The van der Waals surface area contributed by atoms with Gasteiger partial charge in [-0.25, -0.2) is 0 Å². The van der Waals surface area contributed by atoms with Crippen molar-refractivity contribution in [3.63, 3.8) is 0 Å². The molecule has 0 aromatic heterocycles. The lowest BCUT2D eigenvalue weighted by molar-refractivity contribution is 0.172. The molecule has 0 aromatic rings. The molecule has 1 atom stereocenters. The van der Waals surface area contributed by atoms with E-state index in [9.17, 15) is 4.79 Å². The van der Waals surface area contributed by atoms with Gasteiger partial charge in [-0.3, -0.25) is 9.69 Å². The Bertz CT molecular complexity index is 85.1. The summed E-state index contributed by atoms with van der Waals surface area (Å²) >= 11 is 0. The lowest BCUT2D eigenvalue weighted by Crippen LogP contribution is -2.33. The maximum Gasteiger partial charge on any atom is 0.213 e. The summed E-state index contributed by atoms with van der Waals surface area (Å²) in [6.07, 6.45) is 1.75. The van der Waals surface area contributed by atoms with E-state index in [2.05, 4.69) is 0 Å². The maximum atomic E-state index is 9.79. The molecule has 1 radical (unpaired) electrons. The van der Waals surface area contributed by atoms with Gasteiger partial charge in [0.1, 0.15) is 0 Å². The molecule has 0 spiro atoms. The van der Waals surface area contributed by atoms with Crippen molar-refractivity contribution >= 4 is 6.29 Å². The molecule has 0 saturated carbocycles. The summed E-state index contributed by atoms with van der Waals surface area (Å²) < 4.78 is 0. The van der Waals surface area contributed by atoms with E-state index < -0.39 is 0 Å². The number of likely N-dealkylation sites (N-methyl/N-ethyl adjacent to an activating group) is 1. The second kappa shape index (κ2) is 4.47. The van der Waals surface area contributed by atoms with E-state index in [-0.39, 0.29) is 19.2 Å². The van der Waals surface area contributed by atoms with Crippen LogP contribution < -0.4 is 0 Å². The minimum atomic E-state index is 0.0476. The van der Waals surface area contributed by atoms with Crippen molar-refractivity contribution in [2.75, 3.05) is 20.2 Å². The Morgan fingerprint density at radius 1 is 1.78 bits per heavy atom. The largest absolute Gasteiger partial charge is 0.395 e. The number of carbonyl (C=O) groups excluding carboxylic acids is 1. The molecule has 1 N–H and O–H groups in total. The van der Waals surface area contributed by atoms with E-state index in [1.165, 1.54) is 0 Å². The first-order chi connectivity index (χ1) is 4.22. The Morgan fingerprint density at radius 2 is 2.33 bits per heavy atom. The number of hydrogen-bond acceptors (Lipinski definition) is 3. The summed E-state index contributed by atoms with van der Waals surface area (Å²) in [5, 5.41) is 8.56. The lowest BCUT2D eigenvalue weighted by atomic mass is 10.3. The van der Waals surface area contributed by atoms with Crippen LogP contribution >= 0.6 is 0 Å². The van der Waals surface area contributed by atoms with Gasteiger partial charge >= 0.3 is 0 Å². The van der Waals surface area contributed by atoms with E-state index in [1.54, 1.807) is 18.2 Å². The second-order valence-electron chi connectivity index (χ2n) is 2.09. The van der Waals surface area contributed by atoms with Crippen molar-refractivity contribution in [1.82, 2.24) is 4.90 Å². The summed E-state index contributed by atoms with van der Waals surface area (Å²) in [7, 11) is 1.77. The molecular weight excluding hydrogens is 118 g/mol. The average Bonchev–Trinajstić information content (AvgIpc) is 1.87. The molecule has 0 bridgehead atoms. The molecule has 3 heteroatoms. The van der Waals surface area contributed by atoms with Crippen LogP contribution in [0.3, 0.4) is 0 Å². The first-order valence-electron chi connectivity index (χ1n) is 2.88. The van der Waals surface area contributed by atoms with Crippen molar-refractivity contribution in [2.24, 2.45) is 0 Å². The van der Waals surface area contributed by atoms with Crippen molar-refractivity contribution in [3.8, 4) is 0 Å². The zero-order valence-electron chi connectivity index (χ0n) is 5.79. The van der Waals surface area contributed by atoms with Crippen LogP contribution in [0, 0.1) is 0 Å². The first-order valence-corrected chi connectivity index (χ1v) is 2.88. The Labute approximate surface area is 55.3 Å². The fourth-order valence-electron chi connectivity index (χ4n) is 0.397. The minimum absolute atomic E-state index is 0.0476. The van der Waals surface area contributed by atoms with E-state index in [4.69, 9.17) is 5.11 Å². The Kier molecular flexibility index (Phi) is 4.26. The molecular formula is C6H12NO2. The van der Waals surface area contributed by atoms with Gasteiger partial charge in [0.2, 0.25) is 6.29 Å². The number of aliphatic hydroxyl groups excluding tert-OH is 1. The van der Waals surface area contributed by atoms with Crippen LogP contribution in [-0.4, -0.2) is 42.5 Å². The Morgan fingerprint density at radius 3 is 2.67 bits per heavy atom. The summed E-state index contributed by atoms with van der Waals surface area (Å²) in [5.41, 5.74) is 0. The summed E-state index contributed by atoms with van der Waals surface area (Å²) in [6.45, 7) is 2.19. The highest BCUT2D eigenvalue weighted by molar-refractivity contribution is 5.52. The van der Waals surface area contributed by atoms with E-state index in [0.717, 1.165) is 0 Å². The molecule has 0 unspecified atom stereocenters. The molecule has 0 aliphatic carbocycles. The van der Waals surface area contributed by atoms with Crippen LogP contribution in [0.2, 0.25) is 0 Å². The summed E-state index contributed by atoms with van der Waals surface area (Å²) in [4.78, 5) is 11.5. The lowest BCUT2D eigenvalue weighted by Gasteiger charge is -2.18. The van der Waals surface area contributed by atoms with Gasteiger partial charge in [-0.2, -0.15) is 0 Å². The van der Waals surface area contributed by atoms with E-state index >= 15 is 0 Å². The van der Waals surface area contributed by atoms with E-state index in [1.807, 2.05) is 6.92 Å². The van der Waals surface area contributed by atoms with Crippen LogP contribution in [0.25, 0.3) is 0 Å². The van der Waals surface area contributed by atoms with Crippen molar-refractivity contribution < 1.29 is 9.90 Å². The highest BCUT2D eigenvalue weighted by Gasteiger charge is 2.05. The first kappa shape index (κ1) is 8.59. The third-order valence-electron chi connectivity index (χ3n) is 1.33. The van der Waals surface area contributed by atoms with Gasteiger partial charge in [0.15, 0.2) is 0 Å². The third-order valence-corrected chi connectivity index (χ3v) is 1.33. The number of rotatable bonds is 4. The maximum absolute atomic E-state index is 9.79. The van der Waals surface area contributed by atoms with Crippen LogP contribution in [0.5, 0.6) is 0 Å². The smallest absolute Gasteiger partial charge is 0.213 e. The van der Waals surface area contributed by atoms with Gasteiger partial charge in [0, 0.05) is 6.04 Å². The van der Waals surface area contributed by atoms with Gasteiger partial charge in [0.25, 0.3) is 0 Å². The average molecular weight is 130 g/mol. The monoisotopic (exact) mass is 130 g/mol. The fourth-order valence-corrected chi connectivity index (χ4v) is 0.397. The van der Waals surface area contributed by atoms with Gasteiger partial charge < -0.3 is 5.11 Å². The number of nitrogens with zero attached hydrogens (tertiary/aromatic N) is 1. The Balaban J connectivity index is 3.44. The van der Waals surface area contributed by atoms with Crippen molar-refractivity contribution in [3.05, 3.63) is 0 Å². The molecule has 0 heterocycles. The van der Waals surface area contributed by atoms with Crippen LogP contribution in [-0.2, 0) is 4.79 Å². The van der Waals surface area contributed by atoms with Gasteiger partial charge in [-0.15, -0.1) is 0 Å². The van der Waals surface area contributed by atoms with Gasteiger partial charge in [-0.05, 0) is 14.0 Å². The standard InChI is InChI=1S/C6H12NO2/c1-6(5-9)7(2)3-4-8/h6,9H,3,5H2,1-2H3/t6-/m0/s1. The third kappa shape index (κ3) is 3.21. The predicted molar refractivity (Wildman–Crippen MR) is 34.9 cm³/mol. The molecule has 9 heavy (non-hydrogen) atoms. The molecule has 3 nitrogen and oxygen atoms in total. The molecule has 0 aliphatic rings. The topological polar surface area (TPSA) is 40.5 Å². The minimum Gasteiger partial charge on any atom is -0.395 e. The van der Waals surface area contributed by atoms with Crippen molar-refractivity contribution in [1.29, 1.82) is 0 Å². The number of hydrogen-bond donors (Lipinski definition) is 1. The quantitative estimate of drug-likeness (QED) is 0.553. The fraction of sp³-hybridized carbons (Fsp3) is 0.833. The zero-order chi connectivity index (χ0) is 7.28. The van der Waals surface area contributed by atoms with E-state index in [0.29, 0.717) is 0 Å². The summed E-state index contributed by atoms with van der Waals surface area (Å²) in [5.74, 6) is 0. The molecule has 53 valence electrons. The van der Waals surface area contributed by atoms with Crippen LogP contribution in [0.4, 0.5) is 0 Å². The molecule has 0 saturated heterocycles. The molecule has 0 rings (SSSR count). The molecule has 0 aromatic carbocycles. The summed E-state index contributed by atoms with van der Waals surface area (Å²) in [6, 6.07) is 0.0476. The van der Waals surface area contributed by atoms with Gasteiger partial charge in [-0.1, -0.05) is 0 Å². The molecule has 0 aliphatic heterocycles. The zero-order valence-corrected chi connectivity index (χ0v) is 5.79. The van der Waals surface area contributed by atoms with Gasteiger partial charge in [0.05, 0.1) is 13.2 Å². The SMILES string of the molecule is C[C@@H](CO)N(C)C[C]=O.